The van der Waals surface area contributed by atoms with E-state index in [4.69, 9.17) is 9.47 Å². The number of sulfonamides is 2. The molecule has 2 aromatic carbocycles. The molecule has 0 atom stereocenters. The van der Waals surface area contributed by atoms with Gasteiger partial charge in [-0.25, -0.2) is 16.8 Å². The Balaban J connectivity index is 1.86. The summed E-state index contributed by atoms with van der Waals surface area (Å²) >= 11 is 0. The minimum absolute atomic E-state index is 0.0147. The maximum absolute atomic E-state index is 13.0. The Morgan fingerprint density at radius 3 is 2.42 bits per heavy atom. The molecule has 1 saturated heterocycles. The quantitative estimate of drug-likeness (QED) is 0.585. The number of nitrogens with zero attached hydrogens (tertiary/aromatic N) is 2. The number of anilines is 2. The summed E-state index contributed by atoms with van der Waals surface area (Å²) < 4.78 is 63.4. The molecule has 1 aliphatic heterocycles. The van der Waals surface area contributed by atoms with Gasteiger partial charge in [0.2, 0.25) is 26.0 Å². The fourth-order valence-electron chi connectivity index (χ4n) is 3.38. The molecule has 0 spiro atoms. The zero-order valence-electron chi connectivity index (χ0n) is 18.6. The highest BCUT2D eigenvalue weighted by Crippen LogP contribution is 2.29. The molecule has 1 fully saturated rings. The average molecular weight is 498 g/mol. The van der Waals surface area contributed by atoms with Crippen molar-refractivity contribution < 1.29 is 31.1 Å². The van der Waals surface area contributed by atoms with E-state index < -0.39 is 32.5 Å². The second kappa shape index (κ2) is 10.1. The summed E-state index contributed by atoms with van der Waals surface area (Å²) in [5.41, 5.74) is 1.31. The van der Waals surface area contributed by atoms with Crippen molar-refractivity contribution in [3.05, 3.63) is 48.0 Å². The van der Waals surface area contributed by atoms with Crippen molar-refractivity contribution in [2.24, 2.45) is 0 Å². The number of ether oxygens (including phenoxy) is 2. The first-order chi connectivity index (χ1) is 15.5. The van der Waals surface area contributed by atoms with E-state index in [1.807, 2.05) is 13.0 Å². The molecule has 0 aliphatic carbocycles. The van der Waals surface area contributed by atoms with Gasteiger partial charge in [-0.3, -0.25) is 9.10 Å². The van der Waals surface area contributed by atoms with Gasteiger partial charge in [0, 0.05) is 13.1 Å². The first-order valence-electron chi connectivity index (χ1n) is 10.1. The van der Waals surface area contributed by atoms with Crippen LogP contribution in [0, 0.1) is 6.92 Å². The third-order valence-corrected chi connectivity index (χ3v) is 8.07. The van der Waals surface area contributed by atoms with Crippen LogP contribution in [-0.4, -0.2) is 73.3 Å². The topological polar surface area (TPSA) is 122 Å². The monoisotopic (exact) mass is 497 g/mol. The molecule has 10 nitrogen and oxygen atoms in total. The summed E-state index contributed by atoms with van der Waals surface area (Å²) in [5.74, 6) is -0.410. The smallest absolute Gasteiger partial charge is 0.245 e. The lowest BCUT2D eigenvalue weighted by Crippen LogP contribution is -2.40. The zero-order chi connectivity index (χ0) is 24.2. The highest BCUT2D eigenvalue weighted by Gasteiger charge is 2.28. The number of hydrogen-bond acceptors (Lipinski definition) is 7. The molecule has 1 aliphatic rings. The summed E-state index contributed by atoms with van der Waals surface area (Å²) in [6, 6.07) is 10.9. The minimum Gasteiger partial charge on any atom is -0.495 e. The van der Waals surface area contributed by atoms with Gasteiger partial charge < -0.3 is 14.8 Å². The molecule has 0 unspecified atom stereocenters. The number of methoxy groups -OCH3 is 1. The van der Waals surface area contributed by atoms with Gasteiger partial charge in [0.05, 0.1) is 42.8 Å². The molecule has 0 aromatic heterocycles. The number of aryl methyl sites for hydroxylation is 1. The van der Waals surface area contributed by atoms with E-state index in [1.54, 1.807) is 18.2 Å². The standard InChI is InChI=1S/C21H27N3O7S2/c1-16-5-4-6-17(13-16)24(32(3,26)27)15-21(25)22-19-14-18(7-8-20(19)30-2)33(28,29)23-9-11-31-12-10-23/h4-8,13-14H,9-12,15H2,1-3H3,(H,22,25). The normalized spacial score (nSPS) is 15.1. The van der Waals surface area contributed by atoms with Gasteiger partial charge in [-0.2, -0.15) is 4.31 Å². The van der Waals surface area contributed by atoms with Gasteiger partial charge in [-0.1, -0.05) is 12.1 Å². The van der Waals surface area contributed by atoms with Gasteiger partial charge in [0.25, 0.3) is 0 Å². The van der Waals surface area contributed by atoms with Crippen LogP contribution in [0.4, 0.5) is 11.4 Å². The Kier molecular flexibility index (Phi) is 7.62. The van der Waals surface area contributed by atoms with Crippen LogP contribution >= 0.6 is 0 Å². The number of nitrogens with one attached hydrogen (secondary N) is 1. The number of carbonyl (C=O) groups excluding carboxylic acids is 1. The molecular weight excluding hydrogens is 470 g/mol. The van der Waals surface area contributed by atoms with Gasteiger partial charge in [-0.15, -0.1) is 0 Å². The molecule has 180 valence electrons. The van der Waals surface area contributed by atoms with Crippen LogP contribution in [0.1, 0.15) is 5.56 Å². The van der Waals surface area contributed by atoms with E-state index in [-0.39, 0.29) is 29.4 Å². The van der Waals surface area contributed by atoms with Crippen molar-refractivity contribution in [3.8, 4) is 5.75 Å². The fourth-order valence-corrected chi connectivity index (χ4v) is 5.67. The van der Waals surface area contributed by atoms with Crippen LogP contribution in [0.2, 0.25) is 0 Å². The molecule has 3 rings (SSSR count). The van der Waals surface area contributed by atoms with Gasteiger partial charge in [-0.05, 0) is 42.8 Å². The molecule has 33 heavy (non-hydrogen) atoms. The Morgan fingerprint density at radius 1 is 1.12 bits per heavy atom. The van der Waals surface area contributed by atoms with Crippen molar-refractivity contribution in [2.45, 2.75) is 11.8 Å². The molecule has 0 radical (unpaired) electrons. The lowest BCUT2D eigenvalue weighted by molar-refractivity contribution is -0.114. The minimum atomic E-state index is -3.80. The first kappa shape index (κ1) is 25.0. The predicted octanol–water partition coefficient (Wildman–Crippen LogP) is 1.43. The first-order valence-corrected chi connectivity index (χ1v) is 13.4. The van der Waals surface area contributed by atoms with E-state index in [0.717, 1.165) is 16.1 Å². The predicted molar refractivity (Wildman–Crippen MR) is 125 cm³/mol. The van der Waals surface area contributed by atoms with E-state index >= 15 is 0 Å². The molecule has 1 N–H and O–H groups in total. The van der Waals surface area contributed by atoms with Crippen LogP contribution in [-0.2, 0) is 29.6 Å². The maximum atomic E-state index is 13.0. The van der Waals surface area contributed by atoms with Crippen molar-refractivity contribution in [1.82, 2.24) is 4.31 Å². The van der Waals surface area contributed by atoms with Crippen molar-refractivity contribution >= 4 is 37.3 Å². The highest BCUT2D eigenvalue weighted by molar-refractivity contribution is 7.92. The van der Waals surface area contributed by atoms with Crippen molar-refractivity contribution in [3.63, 3.8) is 0 Å². The molecule has 1 amide bonds. The largest absolute Gasteiger partial charge is 0.495 e. The zero-order valence-corrected chi connectivity index (χ0v) is 20.3. The van der Waals surface area contributed by atoms with Crippen LogP contribution in [0.3, 0.4) is 0 Å². The van der Waals surface area contributed by atoms with Crippen LogP contribution < -0.4 is 14.4 Å². The Labute approximate surface area is 194 Å². The second-order valence-electron chi connectivity index (χ2n) is 7.54. The van der Waals surface area contributed by atoms with Crippen molar-refractivity contribution in [1.29, 1.82) is 0 Å². The van der Waals surface area contributed by atoms with Crippen LogP contribution in [0.15, 0.2) is 47.4 Å². The number of benzene rings is 2. The van der Waals surface area contributed by atoms with Crippen LogP contribution in [0.5, 0.6) is 5.75 Å². The Bertz CT molecular complexity index is 1220. The third kappa shape index (κ3) is 6.02. The fraction of sp³-hybridized carbons (Fsp3) is 0.381. The molecule has 0 saturated carbocycles. The van der Waals surface area contributed by atoms with Crippen molar-refractivity contribution in [2.75, 3.05) is 55.8 Å². The molecular formula is C21H27N3O7S2. The summed E-state index contributed by atoms with van der Waals surface area (Å²) in [6.07, 6.45) is 1.01. The lowest BCUT2D eigenvalue weighted by atomic mass is 10.2. The average Bonchev–Trinajstić information content (AvgIpc) is 2.77. The number of carbonyl (C=O) groups is 1. The number of hydrogen-bond donors (Lipinski definition) is 1. The summed E-state index contributed by atoms with van der Waals surface area (Å²) in [4.78, 5) is 12.8. The Morgan fingerprint density at radius 2 is 1.82 bits per heavy atom. The molecule has 2 aromatic rings. The molecule has 12 heteroatoms. The highest BCUT2D eigenvalue weighted by atomic mass is 32.2. The van der Waals surface area contributed by atoms with Gasteiger partial charge in [0.15, 0.2) is 0 Å². The number of morpholine rings is 1. The second-order valence-corrected chi connectivity index (χ2v) is 11.4. The summed E-state index contributed by atoms with van der Waals surface area (Å²) in [5, 5.41) is 2.59. The van der Waals surface area contributed by atoms with Gasteiger partial charge in [0.1, 0.15) is 12.3 Å². The summed E-state index contributed by atoms with van der Waals surface area (Å²) in [6.45, 7) is 2.39. The number of amides is 1. The number of rotatable bonds is 8. The van der Waals surface area contributed by atoms with E-state index in [1.165, 1.54) is 29.6 Å². The Hall–Kier alpha value is -2.67. The lowest BCUT2D eigenvalue weighted by Gasteiger charge is -2.26. The van der Waals surface area contributed by atoms with Crippen LogP contribution in [0.25, 0.3) is 0 Å². The SMILES string of the molecule is COc1ccc(S(=O)(=O)N2CCOCC2)cc1NC(=O)CN(c1cccc(C)c1)S(C)(=O)=O. The molecule has 1 heterocycles. The van der Waals surface area contributed by atoms with E-state index in [9.17, 15) is 21.6 Å². The van der Waals surface area contributed by atoms with E-state index in [2.05, 4.69) is 5.32 Å². The summed E-state index contributed by atoms with van der Waals surface area (Å²) in [7, 11) is -6.17. The van der Waals surface area contributed by atoms with E-state index in [0.29, 0.717) is 18.9 Å². The van der Waals surface area contributed by atoms with Gasteiger partial charge >= 0.3 is 0 Å². The maximum Gasteiger partial charge on any atom is 0.245 e. The molecule has 0 bridgehead atoms. The third-order valence-electron chi connectivity index (χ3n) is 5.03.